The normalized spacial score (nSPS) is 11.5. The van der Waals surface area contributed by atoms with Crippen LogP contribution in [-0.4, -0.2) is 15.9 Å². The summed E-state index contributed by atoms with van der Waals surface area (Å²) in [4.78, 5) is 9.22. The van der Waals surface area contributed by atoms with E-state index in [0.29, 0.717) is 11.7 Å². The Hall–Kier alpha value is -3.86. The van der Waals surface area contributed by atoms with Gasteiger partial charge in [-0.25, -0.2) is 9.98 Å². The van der Waals surface area contributed by atoms with Crippen molar-refractivity contribution in [1.82, 2.24) is 4.98 Å². The van der Waals surface area contributed by atoms with Crippen LogP contribution in [0, 0.1) is 20.8 Å². The van der Waals surface area contributed by atoms with E-state index < -0.39 is 0 Å². The number of aryl methyl sites for hydroxylation is 3. The minimum atomic E-state index is -0.281. The molecule has 4 aromatic rings. The molecule has 0 aliphatic heterocycles. The van der Waals surface area contributed by atoms with Gasteiger partial charge in [0.2, 0.25) is 5.89 Å². The van der Waals surface area contributed by atoms with Gasteiger partial charge in [0, 0.05) is 11.3 Å². The highest BCUT2D eigenvalue weighted by molar-refractivity contribution is 6.09. The average molecular weight is 397 g/mol. The predicted molar refractivity (Wildman–Crippen MR) is 121 cm³/mol. The summed E-state index contributed by atoms with van der Waals surface area (Å²) >= 11 is 0. The van der Waals surface area contributed by atoms with Gasteiger partial charge in [-0.1, -0.05) is 53.1 Å². The zero-order chi connectivity index (χ0) is 21.1. The number of rotatable bonds is 4. The molecule has 0 aliphatic rings. The summed E-state index contributed by atoms with van der Waals surface area (Å²) < 4.78 is 5.56. The number of aliphatic imine (C=N–C) groups is 1. The molecule has 5 nitrogen and oxygen atoms in total. The Morgan fingerprint density at radius 2 is 1.33 bits per heavy atom. The molecule has 30 heavy (non-hydrogen) atoms. The Morgan fingerprint density at radius 3 is 1.93 bits per heavy atom. The molecule has 1 heterocycles. The van der Waals surface area contributed by atoms with Crippen molar-refractivity contribution in [3.63, 3.8) is 0 Å². The number of amidine groups is 1. The smallest absolute Gasteiger partial charge is 0.314 e. The number of hydrogen-bond acceptors (Lipinski definition) is 4. The van der Waals surface area contributed by atoms with Crippen molar-refractivity contribution >= 4 is 17.2 Å². The molecule has 5 heteroatoms. The van der Waals surface area contributed by atoms with E-state index in [1.54, 1.807) is 0 Å². The van der Waals surface area contributed by atoms with Gasteiger partial charge in [-0.3, -0.25) is 0 Å². The summed E-state index contributed by atoms with van der Waals surface area (Å²) in [5.74, 6) is 0.461. The molecule has 0 radical (unpaired) electrons. The highest BCUT2D eigenvalue weighted by atomic mass is 16.5. The van der Waals surface area contributed by atoms with Crippen LogP contribution in [0.15, 0.2) is 82.2 Å². The molecular weight excluding hydrogens is 374 g/mol. The largest absolute Gasteiger partial charge is 0.479 e. The maximum atomic E-state index is 10.5. The van der Waals surface area contributed by atoms with Gasteiger partial charge in [0.05, 0.1) is 5.69 Å². The van der Waals surface area contributed by atoms with E-state index in [0.717, 1.165) is 33.6 Å². The second-order valence-corrected chi connectivity index (χ2v) is 7.33. The molecule has 150 valence electrons. The van der Waals surface area contributed by atoms with Crippen LogP contribution in [0.25, 0.3) is 11.5 Å². The van der Waals surface area contributed by atoms with Gasteiger partial charge in [-0.2, -0.15) is 0 Å². The fourth-order valence-corrected chi connectivity index (χ4v) is 2.95. The van der Waals surface area contributed by atoms with E-state index in [1.165, 1.54) is 0 Å². The number of benzene rings is 3. The van der Waals surface area contributed by atoms with E-state index in [9.17, 15) is 5.11 Å². The molecule has 4 rings (SSSR count). The van der Waals surface area contributed by atoms with Crippen molar-refractivity contribution < 1.29 is 9.52 Å². The first-order valence-electron chi connectivity index (χ1n) is 9.74. The Labute approximate surface area is 175 Å². The number of nitrogens with one attached hydrogen (secondary N) is 1. The summed E-state index contributed by atoms with van der Waals surface area (Å²) in [6, 6.07) is 23.5. The molecule has 0 fully saturated rings. The van der Waals surface area contributed by atoms with Gasteiger partial charge in [0.25, 0.3) is 0 Å². The predicted octanol–water partition coefficient (Wildman–Crippen LogP) is 6.16. The maximum Gasteiger partial charge on any atom is 0.314 e. The first kappa shape index (κ1) is 19.5. The van der Waals surface area contributed by atoms with Crippen molar-refractivity contribution in [1.29, 1.82) is 0 Å². The van der Waals surface area contributed by atoms with Crippen LogP contribution in [0.1, 0.15) is 22.4 Å². The van der Waals surface area contributed by atoms with Crippen molar-refractivity contribution in [3.8, 4) is 17.4 Å². The molecular formula is C25H23N3O2. The van der Waals surface area contributed by atoms with Crippen molar-refractivity contribution in [2.75, 3.05) is 5.32 Å². The lowest BCUT2D eigenvalue weighted by Gasteiger charge is -2.09. The number of aromatic nitrogens is 1. The van der Waals surface area contributed by atoms with Gasteiger partial charge < -0.3 is 14.8 Å². The Bertz CT molecular complexity index is 1170. The minimum absolute atomic E-state index is 0.256. The lowest BCUT2D eigenvalue weighted by atomic mass is 10.1. The zero-order valence-corrected chi connectivity index (χ0v) is 17.2. The summed E-state index contributed by atoms with van der Waals surface area (Å²) in [6.07, 6.45) is 0. The van der Waals surface area contributed by atoms with Gasteiger partial charge in [-0.05, 0) is 57.2 Å². The number of hydrogen-bond donors (Lipinski definition) is 2. The Morgan fingerprint density at radius 1 is 0.800 bits per heavy atom. The zero-order valence-electron chi connectivity index (χ0n) is 17.2. The average Bonchev–Trinajstić information content (AvgIpc) is 3.13. The molecule has 0 amide bonds. The second kappa shape index (κ2) is 8.25. The van der Waals surface area contributed by atoms with Crippen LogP contribution in [0.5, 0.6) is 5.95 Å². The van der Waals surface area contributed by atoms with Crippen LogP contribution in [-0.2, 0) is 0 Å². The van der Waals surface area contributed by atoms with E-state index in [2.05, 4.69) is 10.3 Å². The quantitative estimate of drug-likeness (QED) is 0.319. The topological polar surface area (TPSA) is 70.7 Å². The van der Waals surface area contributed by atoms with Crippen LogP contribution >= 0.6 is 0 Å². The lowest BCUT2D eigenvalue weighted by Crippen LogP contribution is -2.14. The van der Waals surface area contributed by atoms with Crippen molar-refractivity contribution in [2.24, 2.45) is 4.99 Å². The van der Waals surface area contributed by atoms with E-state index in [1.807, 2.05) is 93.6 Å². The van der Waals surface area contributed by atoms with Gasteiger partial charge in [-0.15, -0.1) is 0 Å². The van der Waals surface area contributed by atoms with Crippen LogP contribution in [0.4, 0.5) is 11.4 Å². The highest BCUT2D eigenvalue weighted by Gasteiger charge is 2.20. The number of aromatic hydroxyl groups is 1. The van der Waals surface area contributed by atoms with E-state index in [4.69, 9.17) is 9.41 Å². The van der Waals surface area contributed by atoms with Gasteiger partial charge in [0.1, 0.15) is 0 Å². The lowest BCUT2D eigenvalue weighted by molar-refractivity contribution is 0.336. The number of oxazole rings is 1. The molecule has 0 aliphatic carbocycles. The Kier molecular flexibility index (Phi) is 5.35. The molecule has 0 bridgehead atoms. The summed E-state index contributed by atoms with van der Waals surface area (Å²) in [6.45, 7) is 6.07. The molecule has 0 saturated heterocycles. The number of anilines is 1. The first-order chi connectivity index (χ1) is 14.5. The van der Waals surface area contributed by atoms with E-state index in [-0.39, 0.29) is 11.6 Å². The highest BCUT2D eigenvalue weighted by Crippen LogP contribution is 2.28. The Balaban J connectivity index is 1.76. The number of nitrogens with zero attached hydrogens (tertiary/aromatic N) is 2. The molecule has 0 atom stereocenters. The molecule has 3 aromatic carbocycles. The van der Waals surface area contributed by atoms with Crippen molar-refractivity contribution in [2.45, 2.75) is 20.8 Å². The fraction of sp³-hybridized carbons (Fsp3) is 0.120. The van der Waals surface area contributed by atoms with Crippen LogP contribution in [0.3, 0.4) is 0 Å². The summed E-state index contributed by atoms with van der Waals surface area (Å²) in [7, 11) is 0. The van der Waals surface area contributed by atoms with Crippen LogP contribution < -0.4 is 5.32 Å². The third kappa shape index (κ3) is 4.41. The van der Waals surface area contributed by atoms with Gasteiger partial charge >= 0.3 is 5.95 Å². The van der Waals surface area contributed by atoms with Gasteiger partial charge in [0.15, 0.2) is 11.5 Å². The summed E-state index contributed by atoms with van der Waals surface area (Å²) in [5.41, 5.74) is 6.06. The van der Waals surface area contributed by atoms with Crippen molar-refractivity contribution in [3.05, 3.63) is 95.2 Å². The standard InChI is InChI=1S/C25H23N3O2/c1-16-4-10-19(11-5-16)24-28-22(25(29)30-24)23(26-20-12-6-17(2)7-13-20)27-21-14-8-18(3)9-15-21/h4-15,29H,1-3H3,(H,26,27). The second-order valence-electron chi connectivity index (χ2n) is 7.33. The SMILES string of the molecule is Cc1ccc(N=C(Nc2ccc(C)cc2)c2nc(-c3ccc(C)cc3)oc2O)cc1. The van der Waals surface area contributed by atoms with E-state index >= 15 is 0 Å². The first-order valence-corrected chi connectivity index (χ1v) is 9.74. The third-order valence-corrected chi connectivity index (χ3v) is 4.72. The summed E-state index contributed by atoms with van der Waals surface area (Å²) in [5, 5.41) is 13.8. The monoisotopic (exact) mass is 397 g/mol. The fourth-order valence-electron chi connectivity index (χ4n) is 2.95. The minimum Gasteiger partial charge on any atom is -0.479 e. The molecule has 0 spiro atoms. The molecule has 0 unspecified atom stereocenters. The van der Waals surface area contributed by atoms with Crippen LogP contribution in [0.2, 0.25) is 0 Å². The molecule has 0 saturated carbocycles. The molecule has 1 aromatic heterocycles. The third-order valence-electron chi connectivity index (χ3n) is 4.72. The molecule has 2 N–H and O–H groups in total. The maximum absolute atomic E-state index is 10.5.